The van der Waals surface area contributed by atoms with Crippen molar-refractivity contribution >= 4 is 34.6 Å². The summed E-state index contributed by atoms with van der Waals surface area (Å²) in [7, 11) is 1.49. The maximum absolute atomic E-state index is 13.7. The van der Waals surface area contributed by atoms with Crippen LogP contribution >= 0.6 is 11.6 Å². The standard InChI is InChI=1S/C23H25ClFN3O4/c1-13-12-31-14(2)11-28(13)22(29)16-8-18-21(20(9-16)30-3)32-23(26-18)27-19(10-25)15-5-4-6-17(24)7-15/h4-9,13-14,19H,10-12H2,1-3H3,(H,26,27)/t13-,14?,19?/m1/s1. The van der Waals surface area contributed by atoms with Crippen molar-refractivity contribution in [1.82, 2.24) is 9.88 Å². The molecule has 0 spiro atoms. The number of fused-ring (bicyclic) bond motifs is 1. The second kappa shape index (κ2) is 9.34. The van der Waals surface area contributed by atoms with E-state index in [4.69, 9.17) is 25.5 Å². The highest BCUT2D eigenvalue weighted by atomic mass is 35.5. The van der Waals surface area contributed by atoms with Crippen molar-refractivity contribution in [3.8, 4) is 5.75 Å². The summed E-state index contributed by atoms with van der Waals surface area (Å²) in [6.07, 6.45) is -0.0345. The Morgan fingerprint density at radius 2 is 2.19 bits per heavy atom. The number of nitrogens with zero attached hydrogens (tertiary/aromatic N) is 2. The molecular weight excluding hydrogens is 437 g/mol. The Balaban J connectivity index is 1.64. The van der Waals surface area contributed by atoms with Crippen LogP contribution in [0.15, 0.2) is 40.8 Å². The largest absolute Gasteiger partial charge is 0.493 e. The van der Waals surface area contributed by atoms with Crippen molar-refractivity contribution in [3.05, 3.63) is 52.5 Å². The molecule has 1 fully saturated rings. The number of amides is 1. The topological polar surface area (TPSA) is 76.8 Å². The summed E-state index contributed by atoms with van der Waals surface area (Å²) in [6.45, 7) is 4.19. The van der Waals surface area contributed by atoms with Gasteiger partial charge in [0, 0.05) is 17.1 Å². The summed E-state index contributed by atoms with van der Waals surface area (Å²) in [4.78, 5) is 19.4. The summed E-state index contributed by atoms with van der Waals surface area (Å²) < 4.78 is 30.6. The molecule has 1 N–H and O–H groups in total. The van der Waals surface area contributed by atoms with Gasteiger partial charge in [0.2, 0.25) is 0 Å². The van der Waals surface area contributed by atoms with Crippen LogP contribution in [0.25, 0.3) is 11.1 Å². The van der Waals surface area contributed by atoms with Crippen LogP contribution in [0.1, 0.15) is 35.8 Å². The lowest BCUT2D eigenvalue weighted by molar-refractivity contribution is -0.0387. The minimum absolute atomic E-state index is 0.0345. The van der Waals surface area contributed by atoms with Crippen LogP contribution in [0.3, 0.4) is 0 Å². The van der Waals surface area contributed by atoms with Gasteiger partial charge in [-0.25, -0.2) is 4.39 Å². The van der Waals surface area contributed by atoms with E-state index in [0.717, 1.165) is 0 Å². The molecule has 170 valence electrons. The van der Waals surface area contributed by atoms with Gasteiger partial charge in [0.25, 0.3) is 11.9 Å². The number of methoxy groups -OCH3 is 1. The quantitative estimate of drug-likeness (QED) is 0.564. The molecule has 0 radical (unpaired) electrons. The summed E-state index contributed by atoms with van der Waals surface area (Å²) in [6, 6.07) is 9.61. The summed E-state index contributed by atoms with van der Waals surface area (Å²) >= 11 is 6.03. The smallest absolute Gasteiger partial charge is 0.296 e. The third kappa shape index (κ3) is 4.52. The maximum atomic E-state index is 13.7. The number of ether oxygens (including phenoxy) is 2. The second-order valence-electron chi connectivity index (χ2n) is 7.90. The van der Waals surface area contributed by atoms with Crippen LogP contribution in [-0.2, 0) is 4.74 Å². The van der Waals surface area contributed by atoms with Crippen molar-refractivity contribution in [2.45, 2.75) is 32.0 Å². The molecule has 1 amide bonds. The minimum atomic E-state index is -0.690. The zero-order chi connectivity index (χ0) is 22.8. The van der Waals surface area contributed by atoms with Gasteiger partial charge in [-0.2, -0.15) is 4.98 Å². The Labute approximate surface area is 190 Å². The molecular formula is C23H25ClFN3O4. The molecule has 3 atom stereocenters. The summed E-state index contributed by atoms with van der Waals surface area (Å²) in [5.74, 6) is 0.242. The van der Waals surface area contributed by atoms with Crippen LogP contribution in [0.2, 0.25) is 5.02 Å². The number of nitrogens with one attached hydrogen (secondary N) is 1. The van der Waals surface area contributed by atoms with Crippen LogP contribution in [0.5, 0.6) is 5.75 Å². The van der Waals surface area contributed by atoms with Gasteiger partial charge in [-0.3, -0.25) is 4.79 Å². The Morgan fingerprint density at radius 1 is 1.38 bits per heavy atom. The van der Waals surface area contributed by atoms with Gasteiger partial charge in [0.1, 0.15) is 12.2 Å². The van der Waals surface area contributed by atoms with Crippen molar-refractivity contribution in [2.24, 2.45) is 0 Å². The predicted octanol–water partition coefficient (Wildman–Crippen LogP) is 4.86. The first-order valence-electron chi connectivity index (χ1n) is 10.4. The molecule has 3 aromatic rings. The fraction of sp³-hybridized carbons (Fsp3) is 0.391. The lowest BCUT2D eigenvalue weighted by Crippen LogP contribution is -2.50. The number of alkyl halides is 1. The molecule has 2 aromatic carbocycles. The summed E-state index contributed by atoms with van der Waals surface area (Å²) in [5.41, 5.74) is 1.92. The second-order valence-corrected chi connectivity index (χ2v) is 8.34. The average molecular weight is 462 g/mol. The van der Waals surface area contributed by atoms with Gasteiger partial charge in [-0.05, 0) is 43.7 Å². The van der Waals surface area contributed by atoms with Gasteiger partial charge in [-0.1, -0.05) is 23.7 Å². The average Bonchev–Trinajstić information content (AvgIpc) is 3.20. The van der Waals surface area contributed by atoms with Crippen molar-refractivity contribution in [3.63, 3.8) is 0 Å². The molecule has 32 heavy (non-hydrogen) atoms. The number of carbonyl (C=O) groups is 1. The number of oxazole rings is 1. The third-order valence-electron chi connectivity index (χ3n) is 5.49. The number of rotatable bonds is 6. The number of aromatic nitrogens is 1. The van der Waals surface area contributed by atoms with Crippen molar-refractivity contribution < 1.29 is 23.1 Å². The van der Waals surface area contributed by atoms with E-state index in [9.17, 15) is 9.18 Å². The Kier molecular flexibility index (Phi) is 6.53. The first-order valence-corrected chi connectivity index (χ1v) is 10.8. The molecule has 0 bridgehead atoms. The van der Waals surface area contributed by atoms with E-state index in [0.29, 0.717) is 46.2 Å². The molecule has 1 saturated heterocycles. The zero-order valence-corrected chi connectivity index (χ0v) is 18.9. The number of hydrogen-bond donors (Lipinski definition) is 1. The number of hydrogen-bond acceptors (Lipinski definition) is 6. The lowest BCUT2D eigenvalue weighted by Gasteiger charge is -2.36. The molecule has 2 heterocycles. The Bertz CT molecular complexity index is 1120. The van der Waals surface area contributed by atoms with E-state index < -0.39 is 12.7 Å². The lowest BCUT2D eigenvalue weighted by atomic mass is 10.1. The van der Waals surface area contributed by atoms with Gasteiger partial charge in [-0.15, -0.1) is 0 Å². The SMILES string of the molecule is COc1cc(C(=O)N2CC(C)OC[C@H]2C)cc2nc(NC(CF)c3cccc(Cl)c3)oc12. The van der Waals surface area contributed by atoms with Crippen LogP contribution in [0, 0.1) is 0 Å². The van der Waals surface area contributed by atoms with E-state index >= 15 is 0 Å². The van der Waals surface area contributed by atoms with Crippen molar-refractivity contribution in [1.29, 1.82) is 0 Å². The van der Waals surface area contributed by atoms with Gasteiger partial charge in [0.15, 0.2) is 11.3 Å². The maximum Gasteiger partial charge on any atom is 0.296 e. The molecule has 1 aliphatic heterocycles. The number of morpholine rings is 1. The molecule has 0 saturated carbocycles. The normalized spacial score (nSPS) is 19.7. The first kappa shape index (κ1) is 22.4. The zero-order valence-electron chi connectivity index (χ0n) is 18.1. The van der Waals surface area contributed by atoms with E-state index in [1.54, 1.807) is 41.3 Å². The molecule has 7 nitrogen and oxygen atoms in total. The van der Waals surface area contributed by atoms with E-state index in [1.807, 2.05) is 13.8 Å². The monoisotopic (exact) mass is 461 g/mol. The first-order chi connectivity index (χ1) is 15.4. The number of benzene rings is 2. The molecule has 4 rings (SSSR count). The van der Waals surface area contributed by atoms with Gasteiger partial charge < -0.3 is 24.1 Å². The van der Waals surface area contributed by atoms with E-state index in [2.05, 4.69) is 10.3 Å². The van der Waals surface area contributed by atoms with Crippen molar-refractivity contribution in [2.75, 3.05) is 32.3 Å². The third-order valence-corrected chi connectivity index (χ3v) is 5.73. The number of anilines is 1. The number of carbonyl (C=O) groups excluding carboxylic acids is 1. The van der Waals surface area contributed by atoms with Gasteiger partial charge >= 0.3 is 0 Å². The molecule has 2 unspecified atom stereocenters. The highest BCUT2D eigenvalue weighted by Gasteiger charge is 2.29. The fourth-order valence-corrected chi connectivity index (χ4v) is 3.97. The van der Waals surface area contributed by atoms with Crippen LogP contribution in [-0.4, -0.2) is 54.9 Å². The molecule has 1 aliphatic rings. The highest BCUT2D eigenvalue weighted by molar-refractivity contribution is 6.30. The van der Waals surface area contributed by atoms with Crippen LogP contribution < -0.4 is 10.1 Å². The van der Waals surface area contributed by atoms with E-state index in [-0.39, 0.29) is 24.1 Å². The highest BCUT2D eigenvalue weighted by Crippen LogP contribution is 2.32. The number of halogens is 2. The Morgan fingerprint density at radius 3 is 2.91 bits per heavy atom. The minimum Gasteiger partial charge on any atom is -0.493 e. The molecule has 1 aromatic heterocycles. The Hall–Kier alpha value is -2.84. The summed E-state index contributed by atoms with van der Waals surface area (Å²) in [5, 5.41) is 3.47. The predicted molar refractivity (Wildman–Crippen MR) is 120 cm³/mol. The van der Waals surface area contributed by atoms with Gasteiger partial charge in [0.05, 0.1) is 31.9 Å². The fourth-order valence-electron chi connectivity index (χ4n) is 3.77. The van der Waals surface area contributed by atoms with Crippen LogP contribution in [0.4, 0.5) is 10.4 Å². The molecule has 9 heteroatoms. The van der Waals surface area contributed by atoms with E-state index in [1.165, 1.54) is 7.11 Å². The molecule has 0 aliphatic carbocycles.